The van der Waals surface area contributed by atoms with Gasteiger partial charge in [0.05, 0.1) is 16.5 Å². The highest BCUT2D eigenvalue weighted by Crippen LogP contribution is 2.33. The number of carbonyl (C=O) groups is 1. The molecule has 8 heteroatoms. The zero-order valence-corrected chi connectivity index (χ0v) is 15.2. The number of rotatable bonds is 6. The molecule has 7 nitrogen and oxygen atoms in total. The largest absolute Gasteiger partial charge is 0.482 e. The average molecular weight is 386 g/mol. The lowest BCUT2D eigenvalue weighted by atomic mass is 9.88. The van der Waals surface area contributed by atoms with Crippen LogP contribution in [0.3, 0.4) is 0 Å². The fourth-order valence-corrected chi connectivity index (χ4v) is 4.36. The van der Waals surface area contributed by atoms with Crippen LogP contribution in [0.25, 0.3) is 0 Å². The number of nitriles is 1. The second-order valence-electron chi connectivity index (χ2n) is 6.25. The Hall–Kier alpha value is -2.89. The van der Waals surface area contributed by atoms with Crippen LogP contribution in [-0.4, -0.2) is 26.1 Å². The number of fused-ring (bicyclic) bond motifs is 1. The van der Waals surface area contributed by atoms with Gasteiger partial charge in [0.1, 0.15) is 5.75 Å². The number of hydrogen-bond acceptors (Lipinski definition) is 5. The lowest BCUT2D eigenvalue weighted by Crippen LogP contribution is -2.31. The van der Waals surface area contributed by atoms with Crippen molar-refractivity contribution in [2.75, 3.05) is 6.61 Å². The van der Waals surface area contributed by atoms with Gasteiger partial charge in [0.15, 0.2) is 6.61 Å². The van der Waals surface area contributed by atoms with Crippen LogP contribution in [0, 0.1) is 11.3 Å². The van der Waals surface area contributed by atoms with Crippen molar-refractivity contribution < 1.29 is 23.1 Å². The van der Waals surface area contributed by atoms with E-state index in [-0.39, 0.29) is 10.9 Å². The Balaban J connectivity index is 1.80. The number of ether oxygens (including phenoxy) is 1. The zero-order chi connectivity index (χ0) is 19.4. The smallest absolute Gasteiger partial charge is 0.341 e. The van der Waals surface area contributed by atoms with Gasteiger partial charge in [0, 0.05) is 6.04 Å². The van der Waals surface area contributed by atoms with E-state index >= 15 is 0 Å². The van der Waals surface area contributed by atoms with Crippen molar-refractivity contribution in [2.45, 2.75) is 30.2 Å². The highest BCUT2D eigenvalue weighted by atomic mass is 32.2. The number of benzene rings is 2. The second-order valence-corrected chi connectivity index (χ2v) is 7.96. The van der Waals surface area contributed by atoms with Crippen molar-refractivity contribution in [2.24, 2.45) is 0 Å². The molecule has 0 heterocycles. The Morgan fingerprint density at radius 3 is 2.67 bits per heavy atom. The van der Waals surface area contributed by atoms with E-state index in [0.717, 1.165) is 24.0 Å². The van der Waals surface area contributed by atoms with Crippen molar-refractivity contribution in [3.05, 3.63) is 59.2 Å². The molecule has 0 saturated carbocycles. The molecule has 0 fully saturated rings. The van der Waals surface area contributed by atoms with Crippen molar-refractivity contribution in [3.63, 3.8) is 0 Å². The molecule has 0 spiro atoms. The third-order valence-electron chi connectivity index (χ3n) is 4.38. The topological polar surface area (TPSA) is 116 Å². The average Bonchev–Trinajstić information content (AvgIpc) is 2.66. The van der Waals surface area contributed by atoms with Crippen LogP contribution >= 0.6 is 0 Å². The molecule has 1 aliphatic carbocycles. The van der Waals surface area contributed by atoms with Crippen molar-refractivity contribution >= 4 is 16.0 Å². The molecule has 2 N–H and O–H groups in total. The van der Waals surface area contributed by atoms with Crippen LogP contribution in [0.5, 0.6) is 5.75 Å². The molecular formula is C19H18N2O5S. The monoisotopic (exact) mass is 386 g/mol. The summed E-state index contributed by atoms with van der Waals surface area (Å²) in [7, 11) is -3.73. The molecule has 1 aliphatic rings. The summed E-state index contributed by atoms with van der Waals surface area (Å²) in [5.41, 5.74) is 2.20. The normalized spacial score (nSPS) is 16.2. The maximum absolute atomic E-state index is 12.7. The van der Waals surface area contributed by atoms with E-state index < -0.39 is 22.6 Å². The van der Waals surface area contributed by atoms with E-state index in [4.69, 9.17) is 15.1 Å². The summed E-state index contributed by atoms with van der Waals surface area (Å²) in [6.45, 7) is -0.423. The fourth-order valence-electron chi connectivity index (χ4n) is 3.11. The summed E-state index contributed by atoms with van der Waals surface area (Å²) in [6.07, 6.45) is 2.24. The number of carboxylic acids is 1. The molecule has 0 aliphatic heterocycles. The summed E-state index contributed by atoms with van der Waals surface area (Å²) in [5.74, 6) is -0.604. The summed E-state index contributed by atoms with van der Waals surface area (Å²) >= 11 is 0. The summed E-state index contributed by atoms with van der Waals surface area (Å²) < 4.78 is 33.3. The highest BCUT2D eigenvalue weighted by Gasteiger charge is 2.26. The second kappa shape index (κ2) is 7.78. The van der Waals surface area contributed by atoms with Gasteiger partial charge in [-0.15, -0.1) is 0 Å². The Labute approximate surface area is 157 Å². The number of sulfonamides is 1. The molecule has 3 rings (SSSR count). The zero-order valence-electron chi connectivity index (χ0n) is 14.4. The van der Waals surface area contributed by atoms with Gasteiger partial charge in [-0.1, -0.05) is 6.07 Å². The van der Waals surface area contributed by atoms with Crippen molar-refractivity contribution in [3.8, 4) is 11.8 Å². The molecule has 0 saturated heterocycles. The van der Waals surface area contributed by atoms with E-state index in [1.54, 1.807) is 18.2 Å². The molecule has 1 atom stereocenters. The summed E-state index contributed by atoms with van der Waals surface area (Å²) in [4.78, 5) is 10.7. The fraction of sp³-hybridized carbons (Fsp3) is 0.263. The van der Waals surface area contributed by atoms with Gasteiger partial charge in [-0.3, -0.25) is 0 Å². The maximum atomic E-state index is 12.7. The third kappa shape index (κ3) is 4.45. The molecule has 27 heavy (non-hydrogen) atoms. The van der Waals surface area contributed by atoms with Crippen molar-refractivity contribution in [1.29, 1.82) is 5.26 Å². The van der Waals surface area contributed by atoms with E-state index in [2.05, 4.69) is 4.72 Å². The van der Waals surface area contributed by atoms with Crippen molar-refractivity contribution in [1.82, 2.24) is 4.72 Å². The number of hydrogen-bond donors (Lipinski definition) is 2. The van der Waals surface area contributed by atoms with E-state index in [9.17, 15) is 13.2 Å². The van der Waals surface area contributed by atoms with E-state index in [1.165, 1.54) is 24.3 Å². The Kier molecular flexibility index (Phi) is 5.44. The quantitative estimate of drug-likeness (QED) is 0.787. The molecular weight excluding hydrogens is 368 g/mol. The Bertz CT molecular complexity index is 994. The lowest BCUT2D eigenvalue weighted by molar-refractivity contribution is -0.139. The minimum Gasteiger partial charge on any atom is -0.482 e. The third-order valence-corrected chi connectivity index (χ3v) is 5.87. The standard InChI is InChI=1S/C19H18N2O5S/c20-11-13-4-7-16(8-5-13)27(24,25)21-18-3-1-2-14-10-15(6-9-17(14)18)26-12-19(22)23/h4-10,18,21H,1-3,12H2,(H,22,23). The van der Waals surface area contributed by atoms with Crippen LogP contribution in [-0.2, 0) is 21.2 Å². The van der Waals surface area contributed by atoms with Gasteiger partial charge >= 0.3 is 5.97 Å². The molecule has 2 aromatic rings. The van der Waals surface area contributed by atoms with Gasteiger partial charge in [-0.05, 0) is 66.8 Å². The molecule has 1 unspecified atom stereocenters. The summed E-state index contributed by atoms with van der Waals surface area (Å²) in [5, 5.41) is 17.5. The molecule has 2 aromatic carbocycles. The van der Waals surface area contributed by atoms with Crippen LogP contribution < -0.4 is 9.46 Å². The molecule has 0 aromatic heterocycles. The highest BCUT2D eigenvalue weighted by molar-refractivity contribution is 7.89. The van der Waals surface area contributed by atoms with Crippen LogP contribution in [0.2, 0.25) is 0 Å². The predicted molar refractivity (Wildman–Crippen MR) is 96.7 cm³/mol. The van der Waals surface area contributed by atoms with Crippen LogP contribution in [0.1, 0.15) is 35.6 Å². The number of aryl methyl sites for hydroxylation is 1. The van der Waals surface area contributed by atoms with Gasteiger partial charge < -0.3 is 9.84 Å². The first kappa shape index (κ1) is 18.9. The Morgan fingerprint density at radius 2 is 2.00 bits per heavy atom. The number of nitrogens with zero attached hydrogens (tertiary/aromatic N) is 1. The lowest BCUT2D eigenvalue weighted by Gasteiger charge is -2.26. The minimum atomic E-state index is -3.73. The SMILES string of the molecule is N#Cc1ccc(S(=O)(=O)NC2CCCc3cc(OCC(=O)O)ccc32)cc1. The number of nitrogens with one attached hydrogen (secondary N) is 1. The van der Waals surface area contributed by atoms with Crippen LogP contribution in [0.4, 0.5) is 0 Å². The molecule has 0 radical (unpaired) electrons. The van der Waals surface area contributed by atoms with E-state index in [0.29, 0.717) is 17.7 Å². The first-order valence-corrected chi connectivity index (χ1v) is 9.87. The van der Waals surface area contributed by atoms with E-state index in [1.807, 2.05) is 6.07 Å². The maximum Gasteiger partial charge on any atom is 0.341 e. The minimum absolute atomic E-state index is 0.107. The van der Waals surface area contributed by atoms with Crippen LogP contribution in [0.15, 0.2) is 47.4 Å². The summed E-state index contributed by atoms with van der Waals surface area (Å²) in [6, 6.07) is 12.5. The molecule has 0 amide bonds. The Morgan fingerprint density at radius 1 is 1.26 bits per heavy atom. The number of aliphatic carboxylic acids is 1. The number of carboxylic acid groups (broad SMARTS) is 1. The van der Waals surface area contributed by atoms with Gasteiger partial charge in [0.25, 0.3) is 0 Å². The molecule has 140 valence electrons. The van der Waals surface area contributed by atoms with Gasteiger partial charge in [0.2, 0.25) is 10.0 Å². The molecule has 0 bridgehead atoms. The van der Waals surface area contributed by atoms with Gasteiger partial charge in [-0.25, -0.2) is 17.9 Å². The first-order valence-electron chi connectivity index (χ1n) is 8.39. The predicted octanol–water partition coefficient (Wildman–Crippen LogP) is 2.38. The first-order chi connectivity index (χ1) is 12.9. The van der Waals surface area contributed by atoms with Gasteiger partial charge in [-0.2, -0.15) is 5.26 Å².